The molecule has 1 N–H and O–H groups in total. The molecule has 2 aliphatic heterocycles. The largest absolute Gasteiger partial charge is 0.486 e. The number of rotatable bonds is 4. The molecule has 0 bridgehead atoms. The zero-order valence-electron chi connectivity index (χ0n) is 14.2. The highest BCUT2D eigenvalue weighted by Crippen LogP contribution is 2.32. The van der Waals surface area contributed by atoms with Gasteiger partial charge in [-0.1, -0.05) is 12.1 Å². The molecular weight excluding hydrogens is 336 g/mol. The minimum Gasteiger partial charge on any atom is -0.486 e. The average molecular weight is 358 g/mol. The summed E-state index contributed by atoms with van der Waals surface area (Å²) in [5, 5.41) is 5.13. The maximum absolute atomic E-state index is 12.3. The summed E-state index contributed by atoms with van der Waals surface area (Å²) in [4.78, 5) is 16.0. The molecule has 1 aromatic carbocycles. The van der Waals surface area contributed by atoms with E-state index in [1.54, 1.807) is 0 Å². The van der Waals surface area contributed by atoms with Crippen molar-refractivity contribution in [3.8, 4) is 11.5 Å². The van der Waals surface area contributed by atoms with Crippen molar-refractivity contribution in [1.29, 1.82) is 0 Å². The number of carbonyl (C=O) groups is 1. The van der Waals surface area contributed by atoms with E-state index >= 15 is 0 Å². The Kier molecular flexibility index (Phi) is 4.63. The van der Waals surface area contributed by atoms with Gasteiger partial charge in [-0.25, -0.2) is 0 Å². The Morgan fingerprint density at radius 2 is 2.16 bits per heavy atom. The molecule has 25 heavy (non-hydrogen) atoms. The fourth-order valence-electron chi connectivity index (χ4n) is 3.41. The molecule has 1 amide bonds. The standard InChI is InChI=1S/C19H22N2O3S/c1-13-15-7-9-25-18(15)6-8-21(13)11-19(22)20-10-14-12-23-16-4-2-3-5-17(16)24-14/h2-5,7,9,13-14H,6,8,10-12H2,1H3,(H,20,22). The Bertz CT molecular complexity index is 761. The summed E-state index contributed by atoms with van der Waals surface area (Å²) in [6.07, 6.45) is 0.877. The monoisotopic (exact) mass is 358 g/mol. The maximum atomic E-state index is 12.3. The zero-order chi connectivity index (χ0) is 17.2. The molecule has 0 aliphatic carbocycles. The predicted molar refractivity (Wildman–Crippen MR) is 97.4 cm³/mol. The minimum atomic E-state index is -0.152. The van der Waals surface area contributed by atoms with Gasteiger partial charge in [-0.05, 0) is 42.5 Å². The van der Waals surface area contributed by atoms with Gasteiger partial charge in [-0.15, -0.1) is 11.3 Å². The molecule has 132 valence electrons. The van der Waals surface area contributed by atoms with E-state index in [0.29, 0.717) is 25.7 Å². The summed E-state index contributed by atoms with van der Waals surface area (Å²) in [5.74, 6) is 1.54. The molecule has 6 heteroatoms. The molecule has 2 atom stereocenters. The second kappa shape index (κ2) is 7.06. The number of thiophene rings is 1. The number of amides is 1. The first-order valence-corrected chi connectivity index (χ1v) is 9.54. The molecule has 2 aromatic rings. The van der Waals surface area contributed by atoms with Gasteiger partial charge in [-0.2, -0.15) is 0 Å². The van der Waals surface area contributed by atoms with E-state index in [4.69, 9.17) is 9.47 Å². The topological polar surface area (TPSA) is 50.8 Å². The van der Waals surface area contributed by atoms with E-state index in [1.165, 1.54) is 10.4 Å². The van der Waals surface area contributed by atoms with Gasteiger partial charge >= 0.3 is 0 Å². The third-order valence-electron chi connectivity index (χ3n) is 4.84. The highest BCUT2D eigenvalue weighted by molar-refractivity contribution is 7.10. The van der Waals surface area contributed by atoms with Crippen molar-refractivity contribution in [3.63, 3.8) is 0 Å². The number of ether oxygens (including phenoxy) is 2. The summed E-state index contributed by atoms with van der Waals surface area (Å²) < 4.78 is 11.6. The number of hydrogen-bond acceptors (Lipinski definition) is 5. The van der Waals surface area contributed by atoms with Crippen LogP contribution in [0.5, 0.6) is 11.5 Å². The predicted octanol–water partition coefficient (Wildman–Crippen LogP) is 2.62. The smallest absolute Gasteiger partial charge is 0.234 e. The Labute approximate surface area is 151 Å². The van der Waals surface area contributed by atoms with Crippen LogP contribution < -0.4 is 14.8 Å². The van der Waals surface area contributed by atoms with Gasteiger partial charge in [0.15, 0.2) is 11.5 Å². The molecule has 2 aliphatic rings. The molecular formula is C19H22N2O3S. The van der Waals surface area contributed by atoms with Crippen molar-refractivity contribution < 1.29 is 14.3 Å². The van der Waals surface area contributed by atoms with Crippen LogP contribution in [0.25, 0.3) is 0 Å². The zero-order valence-corrected chi connectivity index (χ0v) is 15.1. The van der Waals surface area contributed by atoms with Crippen molar-refractivity contribution in [3.05, 3.63) is 46.2 Å². The summed E-state index contributed by atoms with van der Waals surface area (Å²) in [6.45, 7) is 4.43. The lowest BCUT2D eigenvalue weighted by atomic mass is 10.0. The molecule has 1 aromatic heterocycles. The van der Waals surface area contributed by atoms with Gasteiger partial charge in [0.2, 0.25) is 5.91 Å². The van der Waals surface area contributed by atoms with Crippen LogP contribution in [-0.4, -0.2) is 43.2 Å². The molecule has 3 heterocycles. The van der Waals surface area contributed by atoms with Crippen LogP contribution in [0.1, 0.15) is 23.4 Å². The number of carbonyl (C=O) groups excluding carboxylic acids is 1. The SMILES string of the molecule is CC1c2ccsc2CCN1CC(=O)NCC1COc2ccccc2O1. The summed E-state index contributed by atoms with van der Waals surface area (Å²) in [6, 6.07) is 10.1. The van der Waals surface area contributed by atoms with E-state index in [1.807, 2.05) is 35.6 Å². The van der Waals surface area contributed by atoms with Crippen molar-refractivity contribution in [2.24, 2.45) is 0 Å². The number of nitrogens with one attached hydrogen (secondary N) is 1. The molecule has 2 unspecified atom stereocenters. The van der Waals surface area contributed by atoms with Gasteiger partial charge in [-0.3, -0.25) is 9.69 Å². The first-order chi connectivity index (χ1) is 12.2. The van der Waals surface area contributed by atoms with Crippen LogP contribution in [-0.2, 0) is 11.2 Å². The number of fused-ring (bicyclic) bond motifs is 2. The Balaban J connectivity index is 1.28. The Morgan fingerprint density at radius 3 is 3.04 bits per heavy atom. The second-order valence-electron chi connectivity index (χ2n) is 6.50. The van der Waals surface area contributed by atoms with Gasteiger partial charge in [0.05, 0.1) is 13.1 Å². The Morgan fingerprint density at radius 1 is 1.32 bits per heavy atom. The van der Waals surface area contributed by atoms with E-state index in [0.717, 1.165) is 24.5 Å². The third kappa shape index (κ3) is 3.50. The summed E-state index contributed by atoms with van der Waals surface area (Å²) in [7, 11) is 0. The molecule has 0 saturated heterocycles. The normalized spacial score (nSPS) is 22.3. The van der Waals surface area contributed by atoms with Gasteiger partial charge in [0, 0.05) is 17.5 Å². The van der Waals surface area contributed by atoms with Crippen LogP contribution in [0.15, 0.2) is 35.7 Å². The fraction of sp³-hybridized carbons (Fsp3) is 0.421. The first kappa shape index (κ1) is 16.4. The second-order valence-corrected chi connectivity index (χ2v) is 7.50. The van der Waals surface area contributed by atoms with E-state index < -0.39 is 0 Å². The quantitative estimate of drug-likeness (QED) is 0.913. The third-order valence-corrected chi connectivity index (χ3v) is 5.84. The lowest BCUT2D eigenvalue weighted by Crippen LogP contribution is -2.45. The van der Waals surface area contributed by atoms with Crippen LogP contribution in [0.4, 0.5) is 0 Å². The van der Waals surface area contributed by atoms with Gasteiger partial charge < -0.3 is 14.8 Å². The molecule has 0 fully saturated rings. The molecule has 5 nitrogen and oxygen atoms in total. The van der Waals surface area contributed by atoms with Gasteiger partial charge in [0.1, 0.15) is 12.7 Å². The number of benzene rings is 1. The highest BCUT2D eigenvalue weighted by atomic mass is 32.1. The van der Waals surface area contributed by atoms with E-state index in [2.05, 4.69) is 28.6 Å². The van der Waals surface area contributed by atoms with Crippen LogP contribution in [0, 0.1) is 0 Å². The first-order valence-electron chi connectivity index (χ1n) is 8.66. The molecule has 0 radical (unpaired) electrons. The average Bonchev–Trinajstić information content (AvgIpc) is 3.12. The number of nitrogens with zero attached hydrogens (tertiary/aromatic N) is 1. The van der Waals surface area contributed by atoms with Crippen molar-refractivity contribution in [2.75, 3.05) is 26.2 Å². The minimum absolute atomic E-state index is 0.0352. The van der Waals surface area contributed by atoms with E-state index in [9.17, 15) is 4.79 Å². The lowest BCUT2D eigenvalue weighted by Gasteiger charge is -2.33. The lowest BCUT2D eigenvalue weighted by molar-refractivity contribution is -0.123. The van der Waals surface area contributed by atoms with Crippen molar-refractivity contribution in [1.82, 2.24) is 10.2 Å². The fourth-order valence-corrected chi connectivity index (χ4v) is 4.37. The van der Waals surface area contributed by atoms with E-state index in [-0.39, 0.29) is 12.0 Å². The number of para-hydroxylation sites is 2. The summed E-state index contributed by atoms with van der Waals surface area (Å²) in [5.41, 5.74) is 1.37. The Hall–Kier alpha value is -2.05. The van der Waals surface area contributed by atoms with Crippen LogP contribution in [0.3, 0.4) is 0 Å². The summed E-state index contributed by atoms with van der Waals surface area (Å²) >= 11 is 1.82. The molecule has 0 spiro atoms. The maximum Gasteiger partial charge on any atom is 0.234 e. The number of hydrogen-bond donors (Lipinski definition) is 1. The van der Waals surface area contributed by atoms with Crippen LogP contribution >= 0.6 is 11.3 Å². The van der Waals surface area contributed by atoms with Crippen LogP contribution in [0.2, 0.25) is 0 Å². The van der Waals surface area contributed by atoms with Gasteiger partial charge in [0.25, 0.3) is 0 Å². The molecule has 4 rings (SSSR count). The van der Waals surface area contributed by atoms with Crippen molar-refractivity contribution >= 4 is 17.2 Å². The molecule has 0 saturated carbocycles. The van der Waals surface area contributed by atoms with Crippen molar-refractivity contribution in [2.45, 2.75) is 25.5 Å². The highest BCUT2D eigenvalue weighted by Gasteiger charge is 2.27.